The predicted octanol–water partition coefficient (Wildman–Crippen LogP) is 0.948. The highest BCUT2D eigenvalue weighted by molar-refractivity contribution is 7.98. The molecule has 6 heteroatoms. The minimum Gasteiger partial charge on any atom is -0.330 e. The Morgan fingerprint density at radius 3 is 3.27 bits per heavy atom. The van der Waals surface area contributed by atoms with E-state index in [0.717, 1.165) is 22.2 Å². The number of rotatable bonds is 4. The Morgan fingerprint density at radius 2 is 2.47 bits per heavy atom. The molecule has 0 saturated heterocycles. The number of thioether (sulfide) groups is 1. The molecule has 80 valence electrons. The van der Waals surface area contributed by atoms with E-state index in [2.05, 4.69) is 4.98 Å². The number of aromatic nitrogens is 2. The summed E-state index contributed by atoms with van der Waals surface area (Å²) < 4.78 is 1.56. The predicted molar refractivity (Wildman–Crippen MR) is 64.6 cm³/mol. The first-order chi connectivity index (χ1) is 7.31. The molecule has 15 heavy (non-hydrogen) atoms. The summed E-state index contributed by atoms with van der Waals surface area (Å²) in [5.41, 5.74) is 6.22. The summed E-state index contributed by atoms with van der Waals surface area (Å²) in [7, 11) is 0. The van der Waals surface area contributed by atoms with Crippen molar-refractivity contribution in [1.82, 2.24) is 9.38 Å². The molecule has 0 aliphatic rings. The van der Waals surface area contributed by atoms with Crippen molar-refractivity contribution >= 4 is 28.1 Å². The van der Waals surface area contributed by atoms with Crippen LogP contribution in [0.3, 0.4) is 0 Å². The van der Waals surface area contributed by atoms with Crippen LogP contribution < -0.4 is 11.3 Å². The van der Waals surface area contributed by atoms with Crippen molar-refractivity contribution in [3.05, 3.63) is 33.7 Å². The van der Waals surface area contributed by atoms with E-state index in [-0.39, 0.29) is 5.56 Å². The van der Waals surface area contributed by atoms with E-state index in [1.807, 2.05) is 5.38 Å². The standard InChI is InChI=1S/C9H11N3OS2/c10-1-3-14-6-7-5-8(13)12-2-4-15-9(12)11-7/h2,4-5H,1,3,6,10H2. The highest BCUT2D eigenvalue weighted by Crippen LogP contribution is 2.11. The molecule has 0 aliphatic carbocycles. The molecule has 2 aromatic heterocycles. The van der Waals surface area contributed by atoms with Crippen LogP contribution in [0.25, 0.3) is 4.96 Å². The van der Waals surface area contributed by atoms with Gasteiger partial charge in [-0.05, 0) is 0 Å². The maximum atomic E-state index is 11.6. The molecular weight excluding hydrogens is 230 g/mol. The summed E-state index contributed by atoms with van der Waals surface area (Å²) in [6, 6.07) is 1.59. The monoisotopic (exact) mass is 241 g/mol. The summed E-state index contributed by atoms with van der Waals surface area (Å²) in [6.45, 7) is 0.658. The fraction of sp³-hybridized carbons (Fsp3) is 0.333. The lowest BCUT2D eigenvalue weighted by atomic mass is 10.4. The Morgan fingerprint density at radius 1 is 1.60 bits per heavy atom. The van der Waals surface area contributed by atoms with Gasteiger partial charge in [-0.3, -0.25) is 9.20 Å². The van der Waals surface area contributed by atoms with Crippen molar-refractivity contribution < 1.29 is 0 Å². The van der Waals surface area contributed by atoms with Gasteiger partial charge in [-0.2, -0.15) is 11.8 Å². The quantitative estimate of drug-likeness (QED) is 0.810. The first-order valence-electron chi connectivity index (χ1n) is 4.55. The summed E-state index contributed by atoms with van der Waals surface area (Å²) in [4.78, 5) is 16.7. The first-order valence-corrected chi connectivity index (χ1v) is 6.58. The Hall–Kier alpha value is -0.850. The Bertz CT molecular complexity index is 505. The number of hydrogen-bond donors (Lipinski definition) is 1. The third-order valence-electron chi connectivity index (χ3n) is 1.87. The molecule has 0 unspecified atom stereocenters. The van der Waals surface area contributed by atoms with Crippen LogP contribution in [0.15, 0.2) is 22.4 Å². The van der Waals surface area contributed by atoms with Gasteiger partial charge < -0.3 is 5.73 Å². The van der Waals surface area contributed by atoms with Crippen LogP contribution >= 0.6 is 23.1 Å². The Kier molecular flexibility index (Phi) is 3.40. The van der Waals surface area contributed by atoms with Gasteiger partial charge >= 0.3 is 0 Å². The summed E-state index contributed by atoms with van der Waals surface area (Å²) >= 11 is 3.17. The molecule has 0 atom stereocenters. The van der Waals surface area contributed by atoms with Crippen LogP contribution in [0, 0.1) is 0 Å². The maximum Gasteiger partial charge on any atom is 0.258 e. The zero-order chi connectivity index (χ0) is 10.7. The van der Waals surface area contributed by atoms with Gasteiger partial charge in [0.2, 0.25) is 0 Å². The molecule has 4 nitrogen and oxygen atoms in total. The molecule has 0 amide bonds. The van der Waals surface area contributed by atoms with Crippen molar-refractivity contribution in [2.75, 3.05) is 12.3 Å². The lowest BCUT2D eigenvalue weighted by Gasteiger charge is -1.99. The molecule has 0 aliphatic heterocycles. The SMILES string of the molecule is NCCSCc1cc(=O)n2ccsc2n1. The van der Waals surface area contributed by atoms with Crippen molar-refractivity contribution in [3.8, 4) is 0 Å². The Balaban J connectivity index is 2.25. The smallest absolute Gasteiger partial charge is 0.258 e. The highest BCUT2D eigenvalue weighted by atomic mass is 32.2. The van der Waals surface area contributed by atoms with Gasteiger partial charge in [0.1, 0.15) is 0 Å². The van der Waals surface area contributed by atoms with E-state index in [4.69, 9.17) is 5.73 Å². The molecule has 0 fully saturated rings. The van der Waals surface area contributed by atoms with Crippen LogP contribution in [0.1, 0.15) is 5.69 Å². The van der Waals surface area contributed by atoms with E-state index in [1.165, 1.54) is 11.3 Å². The molecule has 0 radical (unpaired) electrons. The highest BCUT2D eigenvalue weighted by Gasteiger charge is 2.02. The molecule has 2 aromatic rings. The van der Waals surface area contributed by atoms with Crippen LogP contribution in [-0.2, 0) is 5.75 Å². The van der Waals surface area contributed by atoms with E-state index < -0.39 is 0 Å². The molecule has 0 bridgehead atoms. The van der Waals surface area contributed by atoms with E-state index in [9.17, 15) is 4.79 Å². The molecule has 2 rings (SSSR count). The molecule has 2 heterocycles. The van der Waals surface area contributed by atoms with Crippen LogP contribution in [0.5, 0.6) is 0 Å². The van der Waals surface area contributed by atoms with Crippen LogP contribution in [0.2, 0.25) is 0 Å². The topological polar surface area (TPSA) is 60.4 Å². The van der Waals surface area contributed by atoms with E-state index in [0.29, 0.717) is 6.54 Å². The maximum absolute atomic E-state index is 11.6. The van der Waals surface area contributed by atoms with Crippen molar-refractivity contribution in [3.63, 3.8) is 0 Å². The second kappa shape index (κ2) is 4.78. The van der Waals surface area contributed by atoms with Crippen molar-refractivity contribution in [1.29, 1.82) is 0 Å². The number of fused-ring (bicyclic) bond motifs is 1. The van der Waals surface area contributed by atoms with Gasteiger partial charge in [0.25, 0.3) is 5.56 Å². The number of nitrogens with zero attached hydrogens (tertiary/aromatic N) is 2. The van der Waals surface area contributed by atoms with Gasteiger partial charge in [-0.15, -0.1) is 11.3 Å². The summed E-state index contributed by atoms with van der Waals surface area (Å²) in [5, 5.41) is 1.86. The number of thiazole rings is 1. The molecule has 2 N–H and O–H groups in total. The molecule has 0 spiro atoms. The normalized spacial score (nSPS) is 11.0. The Labute approximate surface area is 95.1 Å². The average Bonchev–Trinajstić information content (AvgIpc) is 2.66. The molecule has 0 aromatic carbocycles. The number of hydrogen-bond acceptors (Lipinski definition) is 5. The van der Waals surface area contributed by atoms with Crippen molar-refractivity contribution in [2.24, 2.45) is 5.73 Å². The van der Waals surface area contributed by atoms with Gasteiger partial charge in [0.05, 0.1) is 5.69 Å². The fourth-order valence-electron chi connectivity index (χ4n) is 1.22. The fourth-order valence-corrected chi connectivity index (χ4v) is 2.63. The number of nitrogens with two attached hydrogens (primary N) is 1. The summed E-state index contributed by atoms with van der Waals surface area (Å²) in [5.74, 6) is 1.65. The zero-order valence-corrected chi connectivity index (χ0v) is 9.68. The lowest BCUT2D eigenvalue weighted by molar-refractivity contribution is 1.04. The van der Waals surface area contributed by atoms with E-state index >= 15 is 0 Å². The molecule has 0 saturated carbocycles. The lowest BCUT2D eigenvalue weighted by Crippen LogP contribution is -2.12. The first kappa shape index (κ1) is 10.7. The van der Waals surface area contributed by atoms with Gasteiger partial charge in [0, 0.05) is 35.7 Å². The summed E-state index contributed by atoms with van der Waals surface area (Å²) in [6.07, 6.45) is 1.74. The van der Waals surface area contributed by atoms with Gasteiger partial charge in [0.15, 0.2) is 4.96 Å². The second-order valence-electron chi connectivity index (χ2n) is 2.98. The van der Waals surface area contributed by atoms with E-state index in [1.54, 1.807) is 28.4 Å². The zero-order valence-electron chi connectivity index (χ0n) is 8.05. The third-order valence-corrected chi connectivity index (χ3v) is 3.65. The third kappa shape index (κ3) is 2.39. The molecular formula is C9H11N3OS2. The average molecular weight is 241 g/mol. The minimum absolute atomic E-state index is 0.00963. The minimum atomic E-state index is -0.00963. The largest absolute Gasteiger partial charge is 0.330 e. The van der Waals surface area contributed by atoms with Crippen LogP contribution in [-0.4, -0.2) is 21.7 Å². The second-order valence-corrected chi connectivity index (χ2v) is 4.96. The van der Waals surface area contributed by atoms with Crippen LogP contribution in [0.4, 0.5) is 0 Å². The van der Waals surface area contributed by atoms with Crippen molar-refractivity contribution in [2.45, 2.75) is 5.75 Å². The van der Waals surface area contributed by atoms with Gasteiger partial charge in [-0.1, -0.05) is 0 Å². The van der Waals surface area contributed by atoms with Gasteiger partial charge in [-0.25, -0.2) is 4.98 Å².